The van der Waals surface area contributed by atoms with E-state index in [1.165, 1.54) is 24.0 Å². The fourth-order valence-electron chi connectivity index (χ4n) is 2.28. The van der Waals surface area contributed by atoms with Gasteiger partial charge in [-0.05, 0) is 39.7 Å². The van der Waals surface area contributed by atoms with Crippen molar-refractivity contribution in [1.82, 2.24) is 4.90 Å². The first kappa shape index (κ1) is 12.3. The van der Waals surface area contributed by atoms with E-state index in [0.717, 1.165) is 6.54 Å². The first-order valence-corrected chi connectivity index (χ1v) is 5.69. The van der Waals surface area contributed by atoms with Gasteiger partial charge in [-0.15, -0.1) is 6.58 Å². The minimum absolute atomic E-state index is 0.568. The summed E-state index contributed by atoms with van der Waals surface area (Å²) in [4.78, 5) is 2.37. The number of likely N-dealkylation sites (N-methyl/N-ethyl adjacent to an activating group) is 1. The zero-order valence-corrected chi connectivity index (χ0v) is 10.3. The van der Waals surface area contributed by atoms with Crippen LogP contribution in [0.2, 0.25) is 0 Å². The van der Waals surface area contributed by atoms with Crippen molar-refractivity contribution < 1.29 is 0 Å². The SMILES string of the molecule is C=CCN(C)[C@@H]1C[C@@H](C(=C)C)CC=C1C. The molecule has 0 heterocycles. The van der Waals surface area contributed by atoms with E-state index in [0.29, 0.717) is 12.0 Å². The van der Waals surface area contributed by atoms with Gasteiger partial charge in [0.2, 0.25) is 0 Å². The Hall–Kier alpha value is -0.820. The summed E-state index contributed by atoms with van der Waals surface area (Å²) in [7, 11) is 2.17. The minimum atomic E-state index is 0.568. The van der Waals surface area contributed by atoms with Crippen molar-refractivity contribution >= 4 is 0 Å². The predicted molar refractivity (Wildman–Crippen MR) is 67.9 cm³/mol. The van der Waals surface area contributed by atoms with Crippen LogP contribution in [0.1, 0.15) is 26.7 Å². The van der Waals surface area contributed by atoms with E-state index in [1.807, 2.05) is 6.08 Å². The Labute approximate surface area is 94.2 Å². The molecule has 1 aliphatic carbocycles. The van der Waals surface area contributed by atoms with E-state index in [4.69, 9.17) is 0 Å². The summed E-state index contributed by atoms with van der Waals surface area (Å²) < 4.78 is 0. The molecule has 0 aromatic rings. The molecule has 0 radical (unpaired) electrons. The Balaban J connectivity index is 2.71. The lowest BCUT2D eigenvalue weighted by Crippen LogP contribution is -2.36. The normalized spacial score (nSPS) is 26.3. The lowest BCUT2D eigenvalue weighted by Gasteiger charge is -2.35. The van der Waals surface area contributed by atoms with Crippen LogP contribution in [0.4, 0.5) is 0 Å². The first-order valence-electron chi connectivity index (χ1n) is 5.69. The molecule has 0 aromatic heterocycles. The van der Waals surface area contributed by atoms with Crippen molar-refractivity contribution in [2.45, 2.75) is 32.7 Å². The third-order valence-corrected chi connectivity index (χ3v) is 3.40. The van der Waals surface area contributed by atoms with Crippen molar-refractivity contribution in [3.8, 4) is 0 Å². The maximum absolute atomic E-state index is 4.08. The van der Waals surface area contributed by atoms with Crippen LogP contribution in [0.5, 0.6) is 0 Å². The van der Waals surface area contributed by atoms with Crippen LogP contribution >= 0.6 is 0 Å². The molecule has 1 rings (SSSR count). The van der Waals surface area contributed by atoms with Crippen LogP contribution in [-0.2, 0) is 0 Å². The summed E-state index contributed by atoms with van der Waals surface area (Å²) in [6.07, 6.45) is 6.71. The number of rotatable bonds is 4. The smallest absolute Gasteiger partial charge is 0.0310 e. The number of hydrogen-bond acceptors (Lipinski definition) is 1. The Kier molecular flexibility index (Phi) is 4.34. The molecular formula is C14H23N. The summed E-state index contributed by atoms with van der Waals surface area (Å²) in [5.74, 6) is 0.658. The fourth-order valence-corrected chi connectivity index (χ4v) is 2.28. The molecule has 0 N–H and O–H groups in total. The molecule has 15 heavy (non-hydrogen) atoms. The molecule has 0 unspecified atom stereocenters. The second-order valence-corrected chi connectivity index (χ2v) is 4.71. The third-order valence-electron chi connectivity index (χ3n) is 3.40. The van der Waals surface area contributed by atoms with Gasteiger partial charge in [-0.2, -0.15) is 0 Å². The molecule has 0 amide bonds. The van der Waals surface area contributed by atoms with Crippen molar-refractivity contribution in [3.63, 3.8) is 0 Å². The number of nitrogens with zero attached hydrogens (tertiary/aromatic N) is 1. The Morgan fingerprint density at radius 1 is 1.67 bits per heavy atom. The van der Waals surface area contributed by atoms with E-state index in [2.05, 4.69) is 45.0 Å². The highest BCUT2D eigenvalue weighted by Gasteiger charge is 2.24. The van der Waals surface area contributed by atoms with E-state index in [-0.39, 0.29) is 0 Å². The molecule has 0 saturated carbocycles. The summed E-state index contributed by atoms with van der Waals surface area (Å²) in [6.45, 7) is 13.2. The molecule has 0 aliphatic heterocycles. The Morgan fingerprint density at radius 3 is 2.87 bits per heavy atom. The van der Waals surface area contributed by atoms with E-state index in [9.17, 15) is 0 Å². The van der Waals surface area contributed by atoms with Crippen molar-refractivity contribution in [3.05, 3.63) is 36.5 Å². The molecular weight excluding hydrogens is 182 g/mol. The standard InChI is InChI=1S/C14H23N/c1-6-9-15(5)14-10-13(11(2)3)8-7-12(14)4/h6-7,13-14H,1-2,8-10H2,3-5H3/t13-,14+/m0/s1. The molecule has 1 heteroatoms. The number of allylic oxidation sites excluding steroid dienone is 2. The van der Waals surface area contributed by atoms with Gasteiger partial charge < -0.3 is 0 Å². The summed E-state index contributed by atoms with van der Waals surface area (Å²) >= 11 is 0. The average molecular weight is 205 g/mol. The van der Waals surface area contributed by atoms with Crippen LogP contribution in [0.25, 0.3) is 0 Å². The Bertz CT molecular complexity index is 275. The van der Waals surface area contributed by atoms with Gasteiger partial charge in [-0.1, -0.05) is 29.9 Å². The van der Waals surface area contributed by atoms with Gasteiger partial charge in [0.05, 0.1) is 0 Å². The fraction of sp³-hybridized carbons (Fsp3) is 0.571. The van der Waals surface area contributed by atoms with Crippen molar-refractivity contribution in [2.24, 2.45) is 5.92 Å². The average Bonchev–Trinajstić information content (AvgIpc) is 2.18. The van der Waals surface area contributed by atoms with Gasteiger partial charge >= 0.3 is 0 Å². The molecule has 0 aromatic carbocycles. The monoisotopic (exact) mass is 205 g/mol. The van der Waals surface area contributed by atoms with Crippen molar-refractivity contribution in [2.75, 3.05) is 13.6 Å². The van der Waals surface area contributed by atoms with Gasteiger partial charge in [-0.3, -0.25) is 4.90 Å². The topological polar surface area (TPSA) is 3.24 Å². The van der Waals surface area contributed by atoms with Crippen LogP contribution in [0.3, 0.4) is 0 Å². The molecule has 2 atom stereocenters. The zero-order valence-electron chi connectivity index (χ0n) is 10.3. The highest BCUT2D eigenvalue weighted by atomic mass is 15.1. The van der Waals surface area contributed by atoms with Gasteiger partial charge in [-0.25, -0.2) is 0 Å². The zero-order chi connectivity index (χ0) is 11.4. The maximum Gasteiger partial charge on any atom is 0.0310 e. The molecule has 0 saturated heterocycles. The molecule has 0 fully saturated rings. The van der Waals surface area contributed by atoms with Crippen LogP contribution in [0.15, 0.2) is 36.5 Å². The van der Waals surface area contributed by atoms with E-state index >= 15 is 0 Å². The summed E-state index contributed by atoms with van der Waals surface area (Å²) in [5.41, 5.74) is 2.81. The van der Waals surface area contributed by atoms with E-state index in [1.54, 1.807) is 0 Å². The second-order valence-electron chi connectivity index (χ2n) is 4.71. The van der Waals surface area contributed by atoms with Gasteiger partial charge in [0.25, 0.3) is 0 Å². The summed E-state index contributed by atoms with van der Waals surface area (Å²) in [6, 6.07) is 0.568. The van der Waals surface area contributed by atoms with Crippen LogP contribution < -0.4 is 0 Å². The molecule has 1 nitrogen and oxygen atoms in total. The lowest BCUT2D eigenvalue weighted by atomic mass is 9.82. The van der Waals surface area contributed by atoms with Crippen LogP contribution in [-0.4, -0.2) is 24.5 Å². The molecule has 0 bridgehead atoms. The highest BCUT2D eigenvalue weighted by Crippen LogP contribution is 2.30. The largest absolute Gasteiger partial charge is 0.296 e. The molecule has 0 spiro atoms. The Morgan fingerprint density at radius 2 is 2.33 bits per heavy atom. The quantitative estimate of drug-likeness (QED) is 0.636. The molecule has 1 aliphatic rings. The van der Waals surface area contributed by atoms with Crippen molar-refractivity contribution in [1.29, 1.82) is 0 Å². The lowest BCUT2D eigenvalue weighted by molar-refractivity contribution is 0.254. The first-order chi connectivity index (χ1) is 7.06. The van der Waals surface area contributed by atoms with Crippen LogP contribution in [0, 0.1) is 5.92 Å². The van der Waals surface area contributed by atoms with E-state index < -0.39 is 0 Å². The van der Waals surface area contributed by atoms with Gasteiger partial charge in [0.15, 0.2) is 0 Å². The molecule has 84 valence electrons. The third kappa shape index (κ3) is 3.07. The minimum Gasteiger partial charge on any atom is -0.296 e. The van der Waals surface area contributed by atoms with Gasteiger partial charge in [0.1, 0.15) is 0 Å². The highest BCUT2D eigenvalue weighted by molar-refractivity contribution is 5.17. The summed E-state index contributed by atoms with van der Waals surface area (Å²) in [5, 5.41) is 0. The predicted octanol–water partition coefficient (Wildman–Crippen LogP) is 3.41. The maximum atomic E-state index is 4.08. The second kappa shape index (κ2) is 5.32. The van der Waals surface area contributed by atoms with Gasteiger partial charge in [0, 0.05) is 12.6 Å². The number of hydrogen-bond donors (Lipinski definition) is 0.